The molecule has 2 aliphatic carbocycles. The highest BCUT2D eigenvalue weighted by molar-refractivity contribution is 5.81. The van der Waals surface area contributed by atoms with Crippen molar-refractivity contribution < 1.29 is 9.53 Å². The fraction of sp³-hybridized carbons (Fsp3) is 0.950. The number of hydrogen-bond donors (Lipinski definition) is 0. The first kappa shape index (κ1) is 19.5. The first-order valence-corrected chi connectivity index (χ1v) is 9.51. The molecule has 2 rings (SSSR count). The summed E-state index contributed by atoms with van der Waals surface area (Å²) in [5.74, 6) is 1.68. The largest absolute Gasteiger partial charge is 0.459 e. The summed E-state index contributed by atoms with van der Waals surface area (Å²) in [5, 5.41) is 0. The van der Waals surface area contributed by atoms with Crippen molar-refractivity contribution in [1.82, 2.24) is 0 Å². The third kappa shape index (κ3) is 4.49. The number of carbonyl (C=O) groups excluding carboxylic acids is 1. The molecule has 0 aromatic rings. The van der Waals surface area contributed by atoms with Crippen LogP contribution in [0.1, 0.15) is 93.4 Å². The number of carbonyl (C=O) groups is 1. The molecule has 2 fully saturated rings. The van der Waals surface area contributed by atoms with Crippen LogP contribution in [0.2, 0.25) is 0 Å². The lowest BCUT2D eigenvalue weighted by atomic mass is 9.78. The summed E-state index contributed by atoms with van der Waals surface area (Å²) in [4.78, 5) is 12.7. The molecule has 130 valence electrons. The van der Waals surface area contributed by atoms with Gasteiger partial charge in [0.15, 0.2) is 0 Å². The molecule has 0 aromatic heterocycles. The summed E-state index contributed by atoms with van der Waals surface area (Å²) in [6.45, 7) is 14.8. The van der Waals surface area contributed by atoms with E-state index in [1.165, 1.54) is 32.1 Å². The summed E-state index contributed by atoms with van der Waals surface area (Å²) in [5.41, 5.74) is -0.454. The Balaban J connectivity index is 0.00000116. The zero-order valence-electron chi connectivity index (χ0n) is 16.0. The Labute approximate surface area is 138 Å². The highest BCUT2D eigenvalue weighted by Crippen LogP contribution is 2.58. The van der Waals surface area contributed by atoms with E-state index in [4.69, 9.17) is 4.74 Å². The van der Waals surface area contributed by atoms with E-state index >= 15 is 0 Å². The Morgan fingerprint density at radius 1 is 1.18 bits per heavy atom. The van der Waals surface area contributed by atoms with Gasteiger partial charge in [-0.05, 0) is 57.3 Å². The molecule has 2 nitrogen and oxygen atoms in total. The van der Waals surface area contributed by atoms with Crippen molar-refractivity contribution in [3.63, 3.8) is 0 Å². The minimum Gasteiger partial charge on any atom is -0.459 e. The summed E-state index contributed by atoms with van der Waals surface area (Å²) in [7, 11) is 0. The summed E-state index contributed by atoms with van der Waals surface area (Å²) in [6.07, 6.45) is 8.35. The zero-order chi connectivity index (χ0) is 17.0. The van der Waals surface area contributed by atoms with Gasteiger partial charge in [-0.1, -0.05) is 53.9 Å². The quantitative estimate of drug-likeness (QED) is 0.583. The van der Waals surface area contributed by atoms with Crippen LogP contribution >= 0.6 is 0 Å². The van der Waals surface area contributed by atoms with Crippen LogP contribution in [0.5, 0.6) is 0 Å². The fourth-order valence-electron chi connectivity index (χ4n) is 4.09. The number of ether oxygens (including phenoxy) is 1. The number of esters is 1. The lowest BCUT2D eigenvalue weighted by molar-refractivity contribution is -0.171. The van der Waals surface area contributed by atoms with Crippen LogP contribution in [0.15, 0.2) is 0 Å². The van der Waals surface area contributed by atoms with Gasteiger partial charge in [-0.2, -0.15) is 0 Å². The first-order chi connectivity index (χ1) is 10.3. The lowest BCUT2D eigenvalue weighted by Gasteiger charge is -2.37. The molecular weight excluding hydrogens is 272 g/mol. The van der Waals surface area contributed by atoms with Gasteiger partial charge in [0.25, 0.3) is 0 Å². The second-order valence-electron chi connectivity index (χ2n) is 8.19. The van der Waals surface area contributed by atoms with Crippen molar-refractivity contribution in [1.29, 1.82) is 0 Å². The predicted octanol–water partition coefficient (Wildman–Crippen LogP) is 5.99. The van der Waals surface area contributed by atoms with Crippen LogP contribution in [-0.4, -0.2) is 11.6 Å². The molecule has 2 aliphatic rings. The Kier molecular flexibility index (Phi) is 6.95. The molecule has 0 aliphatic heterocycles. The van der Waals surface area contributed by atoms with Crippen molar-refractivity contribution >= 4 is 5.97 Å². The van der Waals surface area contributed by atoms with E-state index in [-0.39, 0.29) is 17.0 Å². The van der Waals surface area contributed by atoms with Crippen LogP contribution < -0.4 is 0 Å². The Morgan fingerprint density at radius 3 is 2.09 bits per heavy atom. The normalized spacial score (nSPS) is 28.8. The monoisotopic (exact) mass is 310 g/mol. The Bertz CT molecular complexity index is 353. The minimum absolute atomic E-state index is 0.0780. The SMILES string of the molecule is CC.CC(C)CC1(C(=O)OC(C)(C)C2CCCCC2)CC1C. The van der Waals surface area contributed by atoms with Gasteiger partial charge in [-0.15, -0.1) is 0 Å². The van der Waals surface area contributed by atoms with E-state index < -0.39 is 0 Å². The van der Waals surface area contributed by atoms with Crippen LogP contribution in [0.3, 0.4) is 0 Å². The van der Waals surface area contributed by atoms with Gasteiger partial charge < -0.3 is 4.74 Å². The molecule has 0 saturated heterocycles. The van der Waals surface area contributed by atoms with E-state index in [1.807, 2.05) is 13.8 Å². The topological polar surface area (TPSA) is 26.3 Å². The van der Waals surface area contributed by atoms with E-state index in [1.54, 1.807) is 0 Å². The Morgan fingerprint density at radius 2 is 1.68 bits per heavy atom. The van der Waals surface area contributed by atoms with Crippen molar-refractivity contribution in [2.24, 2.45) is 23.2 Å². The van der Waals surface area contributed by atoms with Gasteiger partial charge >= 0.3 is 5.97 Å². The maximum atomic E-state index is 12.7. The van der Waals surface area contributed by atoms with Crippen molar-refractivity contribution in [2.75, 3.05) is 0 Å². The molecule has 2 heteroatoms. The molecule has 0 amide bonds. The zero-order valence-corrected chi connectivity index (χ0v) is 16.0. The van der Waals surface area contributed by atoms with E-state index in [2.05, 4.69) is 34.6 Å². The predicted molar refractivity (Wildman–Crippen MR) is 93.8 cm³/mol. The first-order valence-electron chi connectivity index (χ1n) is 9.51. The van der Waals surface area contributed by atoms with Crippen LogP contribution in [-0.2, 0) is 9.53 Å². The van der Waals surface area contributed by atoms with Crippen molar-refractivity contribution in [3.05, 3.63) is 0 Å². The molecule has 0 N–H and O–H groups in total. The smallest absolute Gasteiger partial charge is 0.312 e. The fourth-order valence-corrected chi connectivity index (χ4v) is 4.09. The van der Waals surface area contributed by atoms with E-state index in [0.29, 0.717) is 17.8 Å². The number of hydrogen-bond acceptors (Lipinski definition) is 2. The van der Waals surface area contributed by atoms with Gasteiger partial charge in [0.2, 0.25) is 0 Å². The lowest BCUT2D eigenvalue weighted by Crippen LogP contribution is -2.40. The van der Waals surface area contributed by atoms with Gasteiger partial charge in [-0.25, -0.2) is 0 Å². The Hall–Kier alpha value is -0.530. The highest BCUT2D eigenvalue weighted by Gasteiger charge is 2.59. The molecule has 0 bridgehead atoms. The average molecular weight is 311 g/mol. The maximum Gasteiger partial charge on any atom is 0.312 e. The van der Waals surface area contributed by atoms with Gasteiger partial charge in [-0.3, -0.25) is 4.79 Å². The third-order valence-corrected chi connectivity index (χ3v) is 5.58. The standard InChI is InChI=1S/C18H32O2.C2H6/c1-13(2)11-18(12-14(18)3)16(19)20-17(4,5)15-9-7-6-8-10-15;1-2/h13-15H,6-12H2,1-5H3;1-2H3. The van der Waals surface area contributed by atoms with Crippen LogP contribution in [0.4, 0.5) is 0 Å². The van der Waals surface area contributed by atoms with E-state index in [9.17, 15) is 4.79 Å². The van der Waals surface area contributed by atoms with Crippen molar-refractivity contribution in [2.45, 2.75) is 99.0 Å². The molecule has 0 aromatic carbocycles. The molecule has 0 radical (unpaired) electrons. The molecule has 0 spiro atoms. The van der Waals surface area contributed by atoms with Crippen molar-refractivity contribution in [3.8, 4) is 0 Å². The van der Waals surface area contributed by atoms with Crippen LogP contribution in [0, 0.1) is 23.2 Å². The second-order valence-corrected chi connectivity index (χ2v) is 8.19. The van der Waals surface area contributed by atoms with E-state index in [0.717, 1.165) is 12.8 Å². The summed E-state index contributed by atoms with van der Waals surface area (Å²) >= 11 is 0. The third-order valence-electron chi connectivity index (χ3n) is 5.58. The molecule has 2 atom stereocenters. The second kappa shape index (κ2) is 7.84. The molecule has 2 saturated carbocycles. The molecule has 2 unspecified atom stereocenters. The van der Waals surface area contributed by atoms with Gasteiger partial charge in [0.05, 0.1) is 5.41 Å². The summed E-state index contributed by atoms with van der Waals surface area (Å²) < 4.78 is 6.04. The number of rotatable bonds is 5. The maximum absolute atomic E-state index is 12.7. The van der Waals surface area contributed by atoms with Crippen LogP contribution in [0.25, 0.3) is 0 Å². The average Bonchev–Trinajstić information content (AvgIpc) is 3.12. The van der Waals surface area contributed by atoms with Gasteiger partial charge in [0.1, 0.15) is 5.60 Å². The minimum atomic E-state index is -0.288. The molecule has 0 heterocycles. The van der Waals surface area contributed by atoms with Gasteiger partial charge in [0, 0.05) is 0 Å². The highest BCUT2D eigenvalue weighted by atomic mass is 16.6. The molecular formula is C20H38O2. The molecule has 22 heavy (non-hydrogen) atoms. The summed E-state index contributed by atoms with van der Waals surface area (Å²) in [6, 6.07) is 0.